The molecule has 0 radical (unpaired) electrons. The van der Waals surface area contributed by atoms with Crippen LogP contribution in [0.4, 0.5) is 0 Å². The maximum atomic E-state index is 11.8. The van der Waals surface area contributed by atoms with Gasteiger partial charge in [-0.3, -0.25) is 4.79 Å². The van der Waals surface area contributed by atoms with E-state index < -0.39 is 0 Å². The molecule has 0 aliphatic heterocycles. The second kappa shape index (κ2) is 7.28. The molecule has 0 bridgehead atoms. The van der Waals surface area contributed by atoms with Crippen molar-refractivity contribution in [2.75, 3.05) is 13.2 Å². The van der Waals surface area contributed by atoms with Crippen molar-refractivity contribution in [3.8, 4) is 0 Å². The molecule has 0 spiro atoms. The van der Waals surface area contributed by atoms with Gasteiger partial charge in [-0.15, -0.1) is 0 Å². The van der Waals surface area contributed by atoms with E-state index in [1.54, 1.807) is 0 Å². The minimum absolute atomic E-state index is 0.114. The van der Waals surface area contributed by atoms with Crippen molar-refractivity contribution in [1.29, 1.82) is 0 Å². The molecule has 1 aliphatic carbocycles. The summed E-state index contributed by atoms with van der Waals surface area (Å²) in [6, 6.07) is 0. The van der Waals surface area contributed by atoms with E-state index in [9.17, 15) is 4.79 Å². The zero-order valence-electron chi connectivity index (χ0n) is 11.6. The summed E-state index contributed by atoms with van der Waals surface area (Å²) in [5, 5.41) is 2.86. The van der Waals surface area contributed by atoms with Crippen molar-refractivity contribution in [3.63, 3.8) is 0 Å². The molecule has 1 heterocycles. The number of nitrogens with one attached hydrogen (secondary N) is 2. The van der Waals surface area contributed by atoms with Gasteiger partial charge in [0.15, 0.2) is 0 Å². The van der Waals surface area contributed by atoms with Crippen LogP contribution in [0.3, 0.4) is 0 Å². The van der Waals surface area contributed by atoms with Crippen LogP contribution in [0.25, 0.3) is 0 Å². The zero-order valence-corrected chi connectivity index (χ0v) is 11.6. The summed E-state index contributed by atoms with van der Waals surface area (Å²) in [7, 11) is 0. The fraction of sp³-hybridized carbons (Fsp3) is 0.714. The van der Waals surface area contributed by atoms with Gasteiger partial charge in [0.2, 0.25) is 0 Å². The van der Waals surface area contributed by atoms with Crippen LogP contribution in [-0.4, -0.2) is 35.1 Å². The van der Waals surface area contributed by atoms with E-state index in [-0.39, 0.29) is 5.91 Å². The van der Waals surface area contributed by atoms with Crippen LogP contribution in [0.1, 0.15) is 54.7 Å². The highest BCUT2D eigenvalue weighted by Gasteiger charge is 2.13. The van der Waals surface area contributed by atoms with Crippen LogP contribution in [0, 0.1) is 6.92 Å². The summed E-state index contributed by atoms with van der Waals surface area (Å²) in [6.45, 7) is 3.20. The normalized spacial score (nSPS) is 16.5. The molecule has 0 unspecified atom stereocenters. The number of hydrogen-bond donors (Lipinski definition) is 2. The largest absolute Gasteiger partial charge is 0.378 e. The number of carbonyl (C=O) groups excluding carboxylic acids is 1. The Balaban J connectivity index is 1.56. The quantitative estimate of drug-likeness (QED) is 0.775. The highest BCUT2D eigenvalue weighted by Crippen LogP contribution is 2.20. The number of aromatic amines is 1. The Kier molecular flexibility index (Phi) is 5.39. The van der Waals surface area contributed by atoms with Gasteiger partial charge in [0.1, 0.15) is 5.69 Å². The number of imidazole rings is 1. The first kappa shape index (κ1) is 14.1. The number of rotatable bonds is 6. The van der Waals surface area contributed by atoms with Crippen molar-refractivity contribution in [2.45, 2.75) is 51.6 Å². The molecule has 2 N–H and O–H groups in total. The van der Waals surface area contributed by atoms with Crippen LogP contribution < -0.4 is 5.32 Å². The van der Waals surface area contributed by atoms with E-state index >= 15 is 0 Å². The lowest BCUT2D eigenvalue weighted by Gasteiger charge is -2.21. The molecule has 1 saturated carbocycles. The molecule has 0 saturated heterocycles. The molecule has 106 valence electrons. The van der Waals surface area contributed by atoms with Gasteiger partial charge in [-0.25, -0.2) is 4.98 Å². The summed E-state index contributed by atoms with van der Waals surface area (Å²) in [4.78, 5) is 18.6. The number of hydrogen-bond acceptors (Lipinski definition) is 3. The molecule has 1 aliphatic rings. The number of amides is 1. The first-order valence-electron chi connectivity index (χ1n) is 7.17. The standard InChI is InChI=1S/C14H23N3O2/c1-11-13(17-10-16-11)14(18)15-8-5-9-19-12-6-3-2-4-7-12/h10,12H,2-9H2,1H3,(H,15,18)(H,16,17). The summed E-state index contributed by atoms with van der Waals surface area (Å²) in [6.07, 6.45) is 9.15. The summed E-state index contributed by atoms with van der Waals surface area (Å²) in [5.74, 6) is -0.114. The molecule has 2 rings (SSSR count). The number of nitrogens with zero attached hydrogens (tertiary/aromatic N) is 1. The van der Waals surface area contributed by atoms with Gasteiger partial charge in [0.05, 0.1) is 12.4 Å². The molecule has 5 nitrogen and oxygen atoms in total. The fourth-order valence-corrected chi connectivity index (χ4v) is 2.43. The van der Waals surface area contributed by atoms with E-state index in [1.165, 1.54) is 38.4 Å². The van der Waals surface area contributed by atoms with Crippen LogP contribution in [0.2, 0.25) is 0 Å². The first-order chi connectivity index (χ1) is 9.27. The van der Waals surface area contributed by atoms with E-state index in [1.807, 2.05) is 6.92 Å². The van der Waals surface area contributed by atoms with E-state index in [0.717, 1.165) is 18.7 Å². The Morgan fingerprint density at radius 1 is 1.47 bits per heavy atom. The number of aryl methyl sites for hydroxylation is 1. The lowest BCUT2D eigenvalue weighted by molar-refractivity contribution is 0.0273. The molecule has 5 heteroatoms. The first-order valence-corrected chi connectivity index (χ1v) is 7.17. The van der Waals surface area contributed by atoms with Crippen LogP contribution >= 0.6 is 0 Å². The molecule has 1 aromatic heterocycles. The smallest absolute Gasteiger partial charge is 0.271 e. The average Bonchev–Trinajstić information content (AvgIpc) is 2.86. The molecule has 19 heavy (non-hydrogen) atoms. The van der Waals surface area contributed by atoms with Gasteiger partial charge in [0.25, 0.3) is 5.91 Å². The second-order valence-electron chi connectivity index (χ2n) is 5.12. The van der Waals surface area contributed by atoms with Crippen molar-refractivity contribution < 1.29 is 9.53 Å². The van der Waals surface area contributed by atoms with Crippen molar-refractivity contribution in [1.82, 2.24) is 15.3 Å². The van der Waals surface area contributed by atoms with Crippen LogP contribution in [0.15, 0.2) is 6.33 Å². The number of aromatic nitrogens is 2. The van der Waals surface area contributed by atoms with Crippen LogP contribution in [0.5, 0.6) is 0 Å². The number of ether oxygens (including phenoxy) is 1. The van der Waals surface area contributed by atoms with E-state index in [4.69, 9.17) is 4.74 Å². The van der Waals surface area contributed by atoms with Crippen molar-refractivity contribution in [2.24, 2.45) is 0 Å². The fourth-order valence-electron chi connectivity index (χ4n) is 2.43. The maximum absolute atomic E-state index is 11.8. The Labute approximate surface area is 114 Å². The Hall–Kier alpha value is -1.36. The molecule has 0 aromatic carbocycles. The minimum Gasteiger partial charge on any atom is -0.378 e. The summed E-state index contributed by atoms with van der Waals surface area (Å²) in [5.41, 5.74) is 1.28. The van der Waals surface area contributed by atoms with E-state index in [0.29, 0.717) is 18.3 Å². The van der Waals surface area contributed by atoms with E-state index in [2.05, 4.69) is 15.3 Å². The Bertz CT molecular complexity index is 397. The third-order valence-corrected chi connectivity index (χ3v) is 3.56. The van der Waals surface area contributed by atoms with Crippen LogP contribution in [-0.2, 0) is 4.74 Å². The minimum atomic E-state index is -0.114. The Morgan fingerprint density at radius 3 is 2.95 bits per heavy atom. The molecule has 1 fully saturated rings. The van der Waals surface area contributed by atoms with Crippen molar-refractivity contribution in [3.05, 3.63) is 17.7 Å². The van der Waals surface area contributed by atoms with Gasteiger partial charge in [-0.05, 0) is 26.2 Å². The number of H-pyrrole nitrogens is 1. The lowest BCUT2D eigenvalue weighted by Crippen LogP contribution is -2.27. The predicted octanol–water partition coefficient (Wildman–Crippen LogP) is 2.19. The molecule has 0 atom stereocenters. The molecule has 1 amide bonds. The van der Waals surface area contributed by atoms with Gasteiger partial charge in [0, 0.05) is 18.8 Å². The summed E-state index contributed by atoms with van der Waals surface area (Å²) >= 11 is 0. The van der Waals surface area contributed by atoms with Gasteiger partial charge >= 0.3 is 0 Å². The lowest BCUT2D eigenvalue weighted by atomic mass is 9.98. The summed E-state index contributed by atoms with van der Waals surface area (Å²) < 4.78 is 5.81. The average molecular weight is 265 g/mol. The molecule has 1 aromatic rings. The third kappa shape index (κ3) is 4.35. The predicted molar refractivity (Wildman–Crippen MR) is 73.1 cm³/mol. The van der Waals surface area contributed by atoms with Gasteiger partial charge < -0.3 is 15.0 Å². The Morgan fingerprint density at radius 2 is 2.26 bits per heavy atom. The molecular formula is C14H23N3O2. The highest BCUT2D eigenvalue weighted by atomic mass is 16.5. The second-order valence-corrected chi connectivity index (χ2v) is 5.12. The van der Waals surface area contributed by atoms with Gasteiger partial charge in [-0.1, -0.05) is 19.3 Å². The molecular weight excluding hydrogens is 242 g/mol. The topological polar surface area (TPSA) is 67.0 Å². The van der Waals surface area contributed by atoms with Gasteiger partial charge in [-0.2, -0.15) is 0 Å². The SMILES string of the molecule is Cc1[nH]cnc1C(=O)NCCCOC1CCCCC1. The third-order valence-electron chi connectivity index (χ3n) is 3.56. The number of carbonyl (C=O) groups is 1. The van der Waals surface area contributed by atoms with Crippen molar-refractivity contribution >= 4 is 5.91 Å². The highest BCUT2D eigenvalue weighted by molar-refractivity contribution is 5.93. The zero-order chi connectivity index (χ0) is 13.5. The maximum Gasteiger partial charge on any atom is 0.271 e. The monoisotopic (exact) mass is 265 g/mol.